The van der Waals surface area contributed by atoms with Crippen LogP contribution in [0.4, 0.5) is 0 Å². The average molecular weight is 680 g/mol. The van der Waals surface area contributed by atoms with Gasteiger partial charge in [-0.1, -0.05) is 0 Å². The van der Waals surface area contributed by atoms with E-state index in [0.29, 0.717) is 0 Å². The Bertz CT molecular complexity index is 1210. The molecule has 0 aromatic heterocycles. The first-order valence-electron chi connectivity index (χ1n) is 14.4. The van der Waals surface area contributed by atoms with Gasteiger partial charge in [0.05, 0.1) is 24.2 Å². The molecule has 0 spiro atoms. The predicted molar refractivity (Wildman–Crippen MR) is 149 cm³/mol. The van der Waals surface area contributed by atoms with Crippen molar-refractivity contribution in [2.75, 3.05) is 0 Å². The van der Waals surface area contributed by atoms with Crippen LogP contribution < -0.4 is 27.0 Å². The molecular formula is C26H41N5O16. The van der Waals surface area contributed by atoms with Gasteiger partial charge in [0.1, 0.15) is 36.5 Å². The molecule has 0 aliphatic carbocycles. The molecule has 3 aliphatic rings. The molecule has 3 rings (SSSR count). The number of carbonyl (C=O) groups excluding carboxylic acids is 4. The number of hydrogen-bond acceptors (Lipinski definition) is 15. The summed E-state index contributed by atoms with van der Waals surface area (Å²) in [6, 6.07) is -7.51. The number of carbonyl (C=O) groups is 6. The van der Waals surface area contributed by atoms with Gasteiger partial charge in [-0.25, -0.2) is 9.59 Å². The van der Waals surface area contributed by atoms with E-state index in [-0.39, 0.29) is 0 Å². The largest absolute Gasteiger partial charge is 0.479 e. The van der Waals surface area contributed by atoms with Crippen molar-refractivity contribution in [1.82, 2.24) is 21.3 Å². The molecule has 3 aliphatic heterocycles. The van der Waals surface area contributed by atoms with Crippen molar-refractivity contribution in [1.29, 1.82) is 0 Å². The van der Waals surface area contributed by atoms with Gasteiger partial charge in [0.2, 0.25) is 23.6 Å². The summed E-state index contributed by atoms with van der Waals surface area (Å²) >= 11 is 0. The molecular weight excluding hydrogens is 638 g/mol. The Morgan fingerprint density at radius 3 is 1.53 bits per heavy atom. The Balaban J connectivity index is 2.09. The van der Waals surface area contributed by atoms with Crippen molar-refractivity contribution in [3.8, 4) is 0 Å². The zero-order chi connectivity index (χ0) is 35.5. The van der Waals surface area contributed by atoms with Crippen LogP contribution in [-0.2, 0) is 52.5 Å². The normalized spacial score (nSPS) is 40.4. The quantitative estimate of drug-likeness (QED) is 0.103. The molecule has 4 amide bonds. The van der Waals surface area contributed by atoms with Crippen molar-refractivity contribution < 1.29 is 78.0 Å². The summed E-state index contributed by atoms with van der Waals surface area (Å²) in [6.45, 7) is 5.70. The van der Waals surface area contributed by atoms with E-state index in [0.717, 1.165) is 27.7 Å². The molecule has 3 saturated heterocycles. The number of aliphatic hydroxyl groups is 3. The van der Waals surface area contributed by atoms with Crippen LogP contribution in [0.3, 0.4) is 0 Å². The van der Waals surface area contributed by atoms with E-state index in [2.05, 4.69) is 21.3 Å². The third-order valence-electron chi connectivity index (χ3n) is 7.69. The zero-order valence-corrected chi connectivity index (χ0v) is 26.0. The van der Waals surface area contributed by atoms with E-state index in [1.54, 1.807) is 0 Å². The molecule has 21 nitrogen and oxygen atoms in total. The van der Waals surface area contributed by atoms with Crippen molar-refractivity contribution in [2.24, 2.45) is 5.73 Å². The minimum atomic E-state index is -2.10. The van der Waals surface area contributed by atoms with Crippen LogP contribution in [0, 0.1) is 0 Å². The minimum absolute atomic E-state index is 0.659. The van der Waals surface area contributed by atoms with Gasteiger partial charge in [0.15, 0.2) is 31.1 Å². The third-order valence-corrected chi connectivity index (χ3v) is 7.69. The van der Waals surface area contributed by atoms with Crippen LogP contribution in [-0.4, -0.2) is 153 Å². The fraction of sp³-hybridized carbons (Fsp3) is 0.769. The fourth-order valence-corrected chi connectivity index (χ4v) is 5.65. The first-order valence-corrected chi connectivity index (χ1v) is 14.4. The van der Waals surface area contributed by atoms with E-state index in [1.807, 2.05) is 0 Å². The summed E-state index contributed by atoms with van der Waals surface area (Å²) < 4.78 is 28.3. The molecule has 15 atom stereocenters. The van der Waals surface area contributed by atoms with Gasteiger partial charge in [-0.15, -0.1) is 0 Å². The smallest absolute Gasteiger partial charge is 0.335 e. The highest BCUT2D eigenvalue weighted by atomic mass is 16.7. The van der Waals surface area contributed by atoms with Gasteiger partial charge in [-0.2, -0.15) is 0 Å². The van der Waals surface area contributed by atoms with Crippen LogP contribution in [0.1, 0.15) is 34.6 Å². The van der Waals surface area contributed by atoms with Gasteiger partial charge in [-0.05, 0) is 6.92 Å². The second kappa shape index (κ2) is 15.6. The number of carboxylic acid groups (broad SMARTS) is 2. The van der Waals surface area contributed by atoms with E-state index in [1.165, 1.54) is 6.92 Å². The molecule has 11 N–H and O–H groups in total. The Morgan fingerprint density at radius 1 is 0.596 bits per heavy atom. The molecule has 0 radical (unpaired) electrons. The molecule has 0 aromatic carbocycles. The molecule has 47 heavy (non-hydrogen) atoms. The van der Waals surface area contributed by atoms with Gasteiger partial charge in [0.25, 0.3) is 0 Å². The predicted octanol–water partition coefficient (Wildman–Crippen LogP) is -5.82. The maximum atomic E-state index is 12.6. The van der Waals surface area contributed by atoms with Crippen LogP contribution in [0.2, 0.25) is 0 Å². The van der Waals surface area contributed by atoms with Gasteiger partial charge in [-0.3, -0.25) is 19.2 Å². The molecule has 0 bridgehead atoms. The van der Waals surface area contributed by atoms with E-state index in [9.17, 15) is 54.3 Å². The van der Waals surface area contributed by atoms with Gasteiger partial charge in [0, 0.05) is 27.7 Å². The van der Waals surface area contributed by atoms with E-state index < -0.39 is 127 Å². The topological polar surface area (TPSA) is 324 Å². The molecule has 21 heteroatoms. The third kappa shape index (κ3) is 8.88. The maximum absolute atomic E-state index is 12.6. The molecule has 0 aromatic rings. The van der Waals surface area contributed by atoms with Gasteiger partial charge < -0.3 is 76.2 Å². The van der Waals surface area contributed by atoms with Crippen molar-refractivity contribution in [2.45, 2.75) is 126 Å². The minimum Gasteiger partial charge on any atom is -0.479 e. The number of aliphatic carboxylic acids is 2. The summed E-state index contributed by atoms with van der Waals surface area (Å²) in [6.07, 6.45) is -17.4. The van der Waals surface area contributed by atoms with Crippen LogP contribution in [0.25, 0.3) is 0 Å². The summed E-state index contributed by atoms with van der Waals surface area (Å²) in [7, 11) is 0. The first kappa shape index (κ1) is 37.9. The standard InChI is InChI=1S/C26H41N5O16/c1-6-16(36)18(15(24(42)43-6)31-10(5)35)44-26-14(30-9(4)34)13(29-8(3)33)19(21(47-26)23(40)41)45-25-12(28-7(2)32)11(27)17(37)20(46-25)22(38)39/h6,11-21,24-26,36-37,42H,27H2,1-5H3,(H,28,32)(H,29,33)(H,30,34)(H,31,35)(H,38,39)(H,40,41)/t6-,11-,12+,13-,14+,15-,16+,17+,18-,19+,20+,21+,24+,25-,26-/m1/s1. The number of aliphatic hydroxyl groups excluding tert-OH is 3. The lowest BCUT2D eigenvalue weighted by molar-refractivity contribution is -0.325. The second-order valence-corrected chi connectivity index (χ2v) is 11.4. The van der Waals surface area contributed by atoms with Crippen molar-refractivity contribution in [3.05, 3.63) is 0 Å². The van der Waals surface area contributed by atoms with Gasteiger partial charge >= 0.3 is 11.9 Å². The van der Waals surface area contributed by atoms with Crippen LogP contribution >= 0.6 is 0 Å². The fourth-order valence-electron chi connectivity index (χ4n) is 5.65. The van der Waals surface area contributed by atoms with Crippen LogP contribution in [0.15, 0.2) is 0 Å². The Kier molecular flexibility index (Phi) is 12.6. The number of nitrogens with two attached hydrogens (primary N) is 1. The second-order valence-electron chi connectivity index (χ2n) is 11.4. The number of rotatable bonds is 10. The van der Waals surface area contributed by atoms with E-state index in [4.69, 9.17) is 29.4 Å². The summed E-state index contributed by atoms with van der Waals surface area (Å²) in [4.78, 5) is 73.2. The maximum Gasteiger partial charge on any atom is 0.335 e. The summed E-state index contributed by atoms with van der Waals surface area (Å²) in [5.74, 6) is -6.26. The SMILES string of the molecule is CC(=O)N[C@@H]1[C@H](O[C@H]2[C@H](NC(C)=O)[C@H](NC(C)=O)[C@H](O[C@H]3[C@@H](O)[C@@H](C)O[C@H](O)[C@@H]3NC(C)=O)O[C@@H]2C(=O)O)O[C@H](C(=O)O)[C@@H](O)[C@@H]1N. The molecule has 0 saturated carbocycles. The van der Waals surface area contributed by atoms with E-state index >= 15 is 0 Å². The highest BCUT2D eigenvalue weighted by Crippen LogP contribution is 2.32. The number of nitrogens with one attached hydrogen (secondary N) is 4. The lowest BCUT2D eigenvalue weighted by Crippen LogP contribution is -2.74. The molecule has 3 heterocycles. The highest BCUT2D eigenvalue weighted by Gasteiger charge is 2.56. The Morgan fingerprint density at radius 2 is 1.02 bits per heavy atom. The molecule has 0 unspecified atom stereocenters. The molecule has 266 valence electrons. The first-order chi connectivity index (χ1) is 21.8. The number of hydrogen-bond donors (Lipinski definition) is 10. The Labute approximate surface area is 267 Å². The summed E-state index contributed by atoms with van der Waals surface area (Å²) in [5, 5.41) is 61.4. The zero-order valence-electron chi connectivity index (χ0n) is 26.0. The lowest BCUT2D eigenvalue weighted by atomic mass is 9.91. The molecule has 3 fully saturated rings. The average Bonchev–Trinajstić information content (AvgIpc) is 2.94. The Hall–Kier alpha value is -3.54. The number of carboxylic acids is 2. The van der Waals surface area contributed by atoms with Crippen molar-refractivity contribution in [3.63, 3.8) is 0 Å². The van der Waals surface area contributed by atoms with Crippen LogP contribution in [0.5, 0.6) is 0 Å². The monoisotopic (exact) mass is 679 g/mol. The summed E-state index contributed by atoms with van der Waals surface area (Å²) in [5.41, 5.74) is 6.04. The highest BCUT2D eigenvalue weighted by molar-refractivity contribution is 5.77. The number of amides is 4. The number of ether oxygens (including phenoxy) is 5. The lowest BCUT2D eigenvalue weighted by Gasteiger charge is -2.50. The van der Waals surface area contributed by atoms with Crippen molar-refractivity contribution >= 4 is 35.6 Å².